The molecule has 0 saturated heterocycles. The Morgan fingerprint density at radius 3 is 2.59 bits per heavy atom. The Kier molecular flexibility index (Phi) is 6.62. The highest BCUT2D eigenvalue weighted by Crippen LogP contribution is 2.31. The van der Waals surface area contributed by atoms with E-state index < -0.39 is 11.6 Å². The second kappa shape index (κ2) is 9.58. The van der Waals surface area contributed by atoms with Crippen molar-refractivity contribution in [3.05, 3.63) is 66.2 Å². The van der Waals surface area contributed by atoms with Crippen molar-refractivity contribution in [3.8, 4) is 5.75 Å². The number of anilines is 1. The van der Waals surface area contributed by atoms with Gasteiger partial charge in [0.1, 0.15) is 17.1 Å². The van der Waals surface area contributed by atoms with Gasteiger partial charge in [-0.2, -0.15) is 0 Å². The number of carbonyl (C=O) groups is 1. The van der Waals surface area contributed by atoms with Gasteiger partial charge >= 0.3 is 0 Å². The van der Waals surface area contributed by atoms with Gasteiger partial charge in [0.15, 0.2) is 17.6 Å². The van der Waals surface area contributed by atoms with Crippen molar-refractivity contribution in [3.63, 3.8) is 0 Å². The molecule has 0 N–H and O–H groups in total. The molecule has 0 aliphatic rings. The Hall–Kier alpha value is -3.10. The van der Waals surface area contributed by atoms with Gasteiger partial charge in [-0.1, -0.05) is 41.7 Å². The Labute approximate surface area is 188 Å². The molecule has 3 aromatic carbocycles. The topological polar surface area (TPSA) is 45.7 Å². The number of ether oxygens (including phenoxy) is 1. The third-order valence-corrected chi connectivity index (χ3v) is 6.03. The molecule has 0 aliphatic heterocycles. The molecule has 166 valence electrons. The summed E-state index contributed by atoms with van der Waals surface area (Å²) in [5.74, 6) is -1.12. The zero-order chi connectivity index (χ0) is 22.7. The van der Waals surface area contributed by atoms with Crippen LogP contribution >= 0.6 is 11.3 Å². The van der Waals surface area contributed by atoms with Crippen molar-refractivity contribution in [2.45, 2.75) is 6.42 Å². The number of hydrogen-bond donors (Lipinski definition) is 0. The lowest BCUT2D eigenvalue weighted by atomic mass is 10.1. The summed E-state index contributed by atoms with van der Waals surface area (Å²) in [6, 6.07) is 15.6. The van der Waals surface area contributed by atoms with E-state index >= 15 is 0 Å². The van der Waals surface area contributed by atoms with Crippen LogP contribution in [0.3, 0.4) is 0 Å². The van der Waals surface area contributed by atoms with Crippen LogP contribution in [0, 0.1) is 11.6 Å². The minimum absolute atomic E-state index is 0.0623. The van der Waals surface area contributed by atoms with Gasteiger partial charge in [-0.15, -0.1) is 0 Å². The molecule has 0 bridgehead atoms. The van der Waals surface area contributed by atoms with Crippen molar-refractivity contribution in [2.24, 2.45) is 0 Å². The molecule has 1 heterocycles. The summed E-state index contributed by atoms with van der Waals surface area (Å²) in [6.07, 6.45) is 0.696. The fourth-order valence-electron chi connectivity index (χ4n) is 3.41. The van der Waals surface area contributed by atoms with Crippen LogP contribution in [0.5, 0.6) is 5.75 Å². The highest BCUT2D eigenvalue weighted by molar-refractivity contribution is 7.22. The molecule has 1 aromatic heterocycles. The molecule has 0 atom stereocenters. The van der Waals surface area contributed by atoms with Crippen LogP contribution in [0.4, 0.5) is 13.9 Å². The summed E-state index contributed by atoms with van der Waals surface area (Å²) in [5, 5.41) is 2.43. The van der Waals surface area contributed by atoms with Gasteiger partial charge < -0.3 is 9.64 Å². The first kappa shape index (κ1) is 22.1. The molecule has 4 rings (SSSR count). The molecule has 0 aliphatic carbocycles. The summed E-state index contributed by atoms with van der Waals surface area (Å²) in [6.45, 7) is 0.971. The highest BCUT2D eigenvalue weighted by Gasteiger charge is 2.22. The molecule has 4 aromatic rings. The Morgan fingerprint density at radius 2 is 1.81 bits per heavy atom. The van der Waals surface area contributed by atoms with Gasteiger partial charge in [0.05, 0.1) is 4.70 Å². The van der Waals surface area contributed by atoms with E-state index in [-0.39, 0.29) is 18.0 Å². The molecule has 8 heteroatoms. The number of thiazole rings is 1. The molecular formula is C24H23F2N3O2S. The van der Waals surface area contributed by atoms with E-state index in [0.29, 0.717) is 28.5 Å². The van der Waals surface area contributed by atoms with Crippen molar-refractivity contribution in [1.82, 2.24) is 9.88 Å². The lowest BCUT2D eigenvalue weighted by Crippen LogP contribution is -2.36. The Bertz CT molecular complexity index is 1260. The van der Waals surface area contributed by atoms with Crippen LogP contribution in [-0.2, 0) is 4.79 Å². The minimum Gasteiger partial charge on any atom is -0.484 e. The summed E-state index contributed by atoms with van der Waals surface area (Å²) >= 11 is 1.09. The van der Waals surface area contributed by atoms with E-state index in [1.54, 1.807) is 0 Å². The van der Waals surface area contributed by atoms with E-state index in [2.05, 4.69) is 4.98 Å². The lowest BCUT2D eigenvalue weighted by Gasteiger charge is -2.21. The van der Waals surface area contributed by atoms with Crippen molar-refractivity contribution < 1.29 is 18.3 Å². The first-order valence-electron chi connectivity index (χ1n) is 10.2. The van der Waals surface area contributed by atoms with Crippen LogP contribution in [0.25, 0.3) is 21.0 Å². The monoisotopic (exact) mass is 455 g/mol. The van der Waals surface area contributed by atoms with Crippen LogP contribution in [0.1, 0.15) is 6.42 Å². The zero-order valence-corrected chi connectivity index (χ0v) is 18.7. The van der Waals surface area contributed by atoms with Gasteiger partial charge in [0.25, 0.3) is 5.91 Å². The van der Waals surface area contributed by atoms with E-state index in [1.807, 2.05) is 61.5 Å². The summed E-state index contributed by atoms with van der Waals surface area (Å²) < 4.78 is 33.9. The second-order valence-electron chi connectivity index (χ2n) is 7.73. The molecule has 0 unspecified atom stereocenters. The number of fused-ring (bicyclic) bond motifs is 2. The molecule has 32 heavy (non-hydrogen) atoms. The predicted molar refractivity (Wildman–Crippen MR) is 125 cm³/mol. The van der Waals surface area contributed by atoms with Crippen LogP contribution in [0.2, 0.25) is 0 Å². The number of carbonyl (C=O) groups excluding carboxylic acids is 1. The molecule has 0 spiro atoms. The normalized spacial score (nSPS) is 11.4. The largest absolute Gasteiger partial charge is 0.484 e. The van der Waals surface area contributed by atoms with Crippen molar-refractivity contribution in [1.29, 1.82) is 0 Å². The van der Waals surface area contributed by atoms with Crippen molar-refractivity contribution in [2.75, 3.05) is 38.7 Å². The van der Waals surface area contributed by atoms with Gasteiger partial charge in [-0.25, -0.2) is 13.8 Å². The Morgan fingerprint density at radius 1 is 1.03 bits per heavy atom. The van der Waals surface area contributed by atoms with Crippen molar-refractivity contribution >= 4 is 43.4 Å². The summed E-state index contributed by atoms with van der Waals surface area (Å²) in [7, 11) is 3.90. The lowest BCUT2D eigenvalue weighted by molar-refractivity contribution is -0.120. The molecular weight excluding hydrogens is 432 g/mol. The minimum atomic E-state index is -0.740. The first-order valence-corrected chi connectivity index (χ1v) is 11.0. The fourth-order valence-corrected chi connectivity index (χ4v) is 4.46. The SMILES string of the molecule is CN(C)CCCN(C(=O)COc1ccc2ccccc2c1)c1nc2c(F)cc(F)cc2s1. The van der Waals surface area contributed by atoms with Crippen LogP contribution in [-0.4, -0.2) is 49.6 Å². The molecule has 1 amide bonds. The number of benzene rings is 3. The zero-order valence-electron chi connectivity index (χ0n) is 17.8. The average Bonchev–Trinajstić information content (AvgIpc) is 3.18. The molecule has 5 nitrogen and oxygen atoms in total. The average molecular weight is 456 g/mol. The van der Waals surface area contributed by atoms with Gasteiger partial charge in [-0.05, 0) is 56.0 Å². The number of rotatable bonds is 8. The van der Waals surface area contributed by atoms with Gasteiger partial charge in [0, 0.05) is 12.6 Å². The van der Waals surface area contributed by atoms with E-state index in [4.69, 9.17) is 4.74 Å². The number of aromatic nitrogens is 1. The van der Waals surface area contributed by atoms with Crippen LogP contribution in [0.15, 0.2) is 54.6 Å². The predicted octanol–water partition coefficient (Wildman–Crippen LogP) is 5.09. The van der Waals surface area contributed by atoms with E-state index in [1.165, 1.54) is 11.0 Å². The third kappa shape index (κ3) is 5.03. The van der Waals surface area contributed by atoms with Gasteiger partial charge in [0.2, 0.25) is 0 Å². The number of amides is 1. The second-order valence-corrected chi connectivity index (χ2v) is 8.74. The summed E-state index contributed by atoms with van der Waals surface area (Å²) in [5.41, 5.74) is 0.0623. The summed E-state index contributed by atoms with van der Waals surface area (Å²) in [4.78, 5) is 20.9. The quantitative estimate of drug-likeness (QED) is 0.371. The first-order chi connectivity index (χ1) is 15.4. The molecule has 0 radical (unpaired) electrons. The third-order valence-electron chi connectivity index (χ3n) is 5.00. The molecule has 0 fully saturated rings. The van der Waals surface area contributed by atoms with E-state index in [0.717, 1.165) is 34.7 Å². The smallest absolute Gasteiger partial charge is 0.266 e. The number of nitrogens with zero attached hydrogens (tertiary/aromatic N) is 3. The highest BCUT2D eigenvalue weighted by atomic mass is 32.1. The van der Waals surface area contributed by atoms with Crippen LogP contribution < -0.4 is 9.64 Å². The Balaban J connectivity index is 1.54. The maximum Gasteiger partial charge on any atom is 0.266 e. The fraction of sp³-hybridized carbons (Fsp3) is 0.250. The van der Waals surface area contributed by atoms with E-state index in [9.17, 15) is 13.6 Å². The number of hydrogen-bond acceptors (Lipinski definition) is 5. The number of halogens is 2. The maximum atomic E-state index is 14.1. The standard InChI is InChI=1S/C24H23F2N3O2S/c1-28(2)10-5-11-29(24-27-23-20(26)13-18(25)14-21(23)32-24)22(30)15-31-19-9-8-16-6-3-4-7-17(16)12-19/h3-4,6-9,12-14H,5,10-11,15H2,1-2H3. The van der Waals surface area contributed by atoms with Gasteiger partial charge in [-0.3, -0.25) is 9.69 Å². The maximum absolute atomic E-state index is 14.1. The molecule has 0 saturated carbocycles.